The molecule has 2 aliphatic heterocycles. The highest BCUT2D eigenvalue weighted by Crippen LogP contribution is 2.38. The van der Waals surface area contributed by atoms with E-state index in [4.69, 9.17) is 9.15 Å². The van der Waals surface area contributed by atoms with Crippen molar-refractivity contribution in [1.82, 2.24) is 15.1 Å². The van der Waals surface area contributed by atoms with E-state index >= 15 is 0 Å². The molecule has 166 valence electrons. The molecule has 2 aromatic carbocycles. The van der Waals surface area contributed by atoms with Crippen LogP contribution in [0.4, 0.5) is 4.39 Å². The molecule has 0 saturated carbocycles. The molecule has 0 spiro atoms. The van der Waals surface area contributed by atoms with Crippen molar-refractivity contribution in [1.29, 1.82) is 0 Å². The molecule has 2 saturated heterocycles. The van der Waals surface area contributed by atoms with Crippen LogP contribution in [0.1, 0.15) is 43.1 Å². The van der Waals surface area contributed by atoms with Crippen molar-refractivity contribution < 1.29 is 18.3 Å². The number of amides is 1. The maximum absolute atomic E-state index is 13.7. The van der Waals surface area contributed by atoms with Crippen LogP contribution >= 0.6 is 0 Å². The Labute approximate surface area is 186 Å². The summed E-state index contributed by atoms with van der Waals surface area (Å²) in [5.41, 5.74) is 1.27. The highest BCUT2D eigenvalue weighted by atomic mass is 19.1. The van der Waals surface area contributed by atoms with Crippen LogP contribution in [0.2, 0.25) is 0 Å². The molecule has 32 heavy (non-hydrogen) atoms. The van der Waals surface area contributed by atoms with Gasteiger partial charge in [0.25, 0.3) is 0 Å². The lowest BCUT2D eigenvalue weighted by Gasteiger charge is -2.42. The van der Waals surface area contributed by atoms with Gasteiger partial charge in [-0.15, -0.1) is 10.2 Å². The van der Waals surface area contributed by atoms with Gasteiger partial charge in [0.15, 0.2) is 0 Å². The number of hydrogen-bond acceptors (Lipinski definition) is 5. The lowest BCUT2D eigenvalue weighted by Crippen LogP contribution is -2.51. The van der Waals surface area contributed by atoms with Gasteiger partial charge in [-0.1, -0.05) is 30.3 Å². The van der Waals surface area contributed by atoms with Gasteiger partial charge in [0, 0.05) is 37.8 Å². The summed E-state index contributed by atoms with van der Waals surface area (Å²) in [7, 11) is 0. The van der Waals surface area contributed by atoms with Gasteiger partial charge in [0.2, 0.25) is 17.7 Å². The Morgan fingerprint density at radius 1 is 0.969 bits per heavy atom. The topological polar surface area (TPSA) is 68.5 Å². The SMILES string of the molecule is O=C(N1CCC(c2nnc(-c3ccc(F)cc3)o2)CC1)C1(c2ccccc2)CCOCC1. The van der Waals surface area contributed by atoms with Crippen LogP contribution in [0, 0.1) is 5.82 Å². The zero-order valence-corrected chi connectivity index (χ0v) is 17.9. The number of hydrogen-bond donors (Lipinski definition) is 0. The summed E-state index contributed by atoms with van der Waals surface area (Å²) in [6.45, 7) is 2.52. The van der Waals surface area contributed by atoms with E-state index in [2.05, 4.69) is 22.3 Å². The van der Waals surface area contributed by atoms with Crippen molar-refractivity contribution in [2.45, 2.75) is 37.0 Å². The number of likely N-dealkylation sites (tertiary alicyclic amines) is 1. The van der Waals surface area contributed by atoms with Gasteiger partial charge < -0.3 is 14.1 Å². The number of benzene rings is 2. The maximum Gasteiger partial charge on any atom is 0.247 e. The molecular weight excluding hydrogens is 409 g/mol. The van der Waals surface area contributed by atoms with E-state index in [0.29, 0.717) is 56.5 Å². The third-order valence-corrected chi connectivity index (χ3v) is 6.75. The zero-order chi connectivity index (χ0) is 22.0. The van der Waals surface area contributed by atoms with Gasteiger partial charge in [-0.3, -0.25) is 4.79 Å². The van der Waals surface area contributed by atoms with E-state index in [0.717, 1.165) is 18.4 Å². The van der Waals surface area contributed by atoms with E-state index in [1.165, 1.54) is 12.1 Å². The summed E-state index contributed by atoms with van der Waals surface area (Å²) in [6, 6.07) is 16.1. The number of carbonyl (C=O) groups is 1. The van der Waals surface area contributed by atoms with Crippen molar-refractivity contribution in [3.8, 4) is 11.5 Å². The Morgan fingerprint density at radius 3 is 2.34 bits per heavy atom. The molecular formula is C25H26FN3O3. The van der Waals surface area contributed by atoms with E-state index in [9.17, 15) is 9.18 Å². The van der Waals surface area contributed by atoms with Crippen LogP contribution in [0.5, 0.6) is 0 Å². The third-order valence-electron chi connectivity index (χ3n) is 6.75. The quantitative estimate of drug-likeness (QED) is 0.610. The number of nitrogens with zero attached hydrogens (tertiary/aromatic N) is 3. The molecule has 2 fully saturated rings. The van der Waals surface area contributed by atoms with Crippen molar-refractivity contribution in [2.75, 3.05) is 26.3 Å². The van der Waals surface area contributed by atoms with Crippen molar-refractivity contribution in [3.63, 3.8) is 0 Å². The molecule has 7 heteroatoms. The highest BCUT2D eigenvalue weighted by Gasteiger charge is 2.44. The molecule has 0 radical (unpaired) electrons. The first-order valence-electron chi connectivity index (χ1n) is 11.2. The highest BCUT2D eigenvalue weighted by molar-refractivity contribution is 5.88. The molecule has 0 atom stereocenters. The number of piperidine rings is 1. The first-order chi connectivity index (χ1) is 15.7. The monoisotopic (exact) mass is 435 g/mol. The fourth-order valence-corrected chi connectivity index (χ4v) is 4.84. The van der Waals surface area contributed by atoms with Crippen LogP contribution in [0.25, 0.3) is 11.5 Å². The predicted molar refractivity (Wildman–Crippen MR) is 116 cm³/mol. The first kappa shape index (κ1) is 20.8. The average Bonchev–Trinajstić information content (AvgIpc) is 3.35. The molecule has 3 heterocycles. The predicted octanol–water partition coefficient (Wildman–Crippen LogP) is 4.33. The molecule has 1 aromatic heterocycles. The number of carbonyl (C=O) groups excluding carboxylic acids is 1. The second-order valence-electron chi connectivity index (χ2n) is 8.58. The Bertz CT molecular complexity index is 1050. The molecule has 5 rings (SSSR count). The van der Waals surface area contributed by atoms with E-state index in [1.54, 1.807) is 12.1 Å². The van der Waals surface area contributed by atoms with E-state index in [1.807, 2.05) is 23.1 Å². The molecule has 0 aliphatic carbocycles. The normalized spacial score (nSPS) is 19.1. The third kappa shape index (κ3) is 3.93. The number of rotatable bonds is 4. The molecule has 0 N–H and O–H groups in total. The fraction of sp³-hybridized carbons (Fsp3) is 0.400. The molecule has 2 aliphatic rings. The number of aromatic nitrogens is 2. The van der Waals surface area contributed by atoms with Gasteiger partial charge in [0.1, 0.15) is 5.82 Å². The second kappa shape index (κ2) is 8.82. The summed E-state index contributed by atoms with van der Waals surface area (Å²) in [5.74, 6) is 0.985. The molecule has 1 amide bonds. The summed E-state index contributed by atoms with van der Waals surface area (Å²) >= 11 is 0. The zero-order valence-electron chi connectivity index (χ0n) is 17.9. The molecule has 0 unspecified atom stereocenters. The summed E-state index contributed by atoms with van der Waals surface area (Å²) < 4.78 is 24.6. The lowest BCUT2D eigenvalue weighted by molar-refractivity contribution is -0.142. The van der Waals surface area contributed by atoms with Gasteiger partial charge in [-0.2, -0.15) is 0 Å². The van der Waals surface area contributed by atoms with Crippen LogP contribution in [0.3, 0.4) is 0 Å². The van der Waals surface area contributed by atoms with Gasteiger partial charge in [-0.25, -0.2) is 4.39 Å². The van der Waals surface area contributed by atoms with Crippen LogP contribution in [0.15, 0.2) is 59.0 Å². The number of ether oxygens (including phenoxy) is 1. The second-order valence-corrected chi connectivity index (χ2v) is 8.58. The minimum absolute atomic E-state index is 0.114. The Hall–Kier alpha value is -3.06. The standard InChI is InChI=1S/C25H26FN3O3/c26-21-8-6-18(7-9-21)22-27-28-23(32-22)19-10-14-29(15-11-19)24(30)25(12-16-31-17-13-25)20-4-2-1-3-5-20/h1-9,19H,10-17H2. The van der Waals surface area contributed by atoms with E-state index < -0.39 is 5.41 Å². The minimum Gasteiger partial charge on any atom is -0.420 e. The summed E-state index contributed by atoms with van der Waals surface area (Å²) in [4.78, 5) is 15.7. The minimum atomic E-state index is -0.507. The van der Waals surface area contributed by atoms with Gasteiger partial charge in [0.05, 0.1) is 5.41 Å². The first-order valence-corrected chi connectivity index (χ1v) is 11.2. The average molecular weight is 435 g/mol. The largest absolute Gasteiger partial charge is 0.420 e. The summed E-state index contributed by atoms with van der Waals surface area (Å²) in [5, 5.41) is 8.37. The van der Waals surface area contributed by atoms with Crippen LogP contribution in [-0.4, -0.2) is 47.3 Å². The van der Waals surface area contributed by atoms with Gasteiger partial charge >= 0.3 is 0 Å². The Kier molecular flexibility index (Phi) is 5.74. The maximum atomic E-state index is 13.7. The van der Waals surface area contributed by atoms with Crippen LogP contribution in [-0.2, 0) is 14.9 Å². The molecule has 3 aromatic rings. The Morgan fingerprint density at radius 2 is 1.66 bits per heavy atom. The van der Waals surface area contributed by atoms with E-state index in [-0.39, 0.29) is 17.6 Å². The fourth-order valence-electron chi connectivity index (χ4n) is 4.84. The summed E-state index contributed by atoms with van der Waals surface area (Å²) in [6.07, 6.45) is 2.97. The molecule has 6 nitrogen and oxygen atoms in total. The molecule has 0 bridgehead atoms. The number of halogens is 1. The smallest absolute Gasteiger partial charge is 0.247 e. The van der Waals surface area contributed by atoms with Crippen molar-refractivity contribution >= 4 is 5.91 Å². The van der Waals surface area contributed by atoms with Gasteiger partial charge in [-0.05, 0) is 55.5 Å². The Balaban J connectivity index is 1.28. The van der Waals surface area contributed by atoms with Crippen molar-refractivity contribution in [2.24, 2.45) is 0 Å². The lowest BCUT2D eigenvalue weighted by atomic mass is 9.72. The van der Waals surface area contributed by atoms with Crippen LogP contribution < -0.4 is 0 Å². The van der Waals surface area contributed by atoms with Crippen molar-refractivity contribution in [3.05, 3.63) is 71.9 Å².